The Hall–Kier alpha value is -6.91. The molecule has 56 heavy (non-hydrogen) atoms. The maximum absolute atomic E-state index is 6.85. The average Bonchev–Trinajstić information content (AvgIpc) is 3.82. The Morgan fingerprint density at radius 3 is 2.09 bits per heavy atom. The summed E-state index contributed by atoms with van der Waals surface area (Å²) < 4.78 is 9.31. The minimum Gasteiger partial charge on any atom is -0.460 e. The number of allylic oxidation sites excluding steroid dienone is 2. The lowest BCUT2D eigenvalue weighted by atomic mass is 9.90. The molecule has 4 heteroatoms. The Bertz CT molecular complexity index is 2910. The maximum Gasteiger partial charge on any atom is 0.137 e. The van der Waals surface area contributed by atoms with Gasteiger partial charge in [-0.15, -0.1) is 0 Å². The van der Waals surface area contributed by atoms with Gasteiger partial charge in [0.2, 0.25) is 0 Å². The van der Waals surface area contributed by atoms with Crippen LogP contribution in [0.5, 0.6) is 0 Å². The summed E-state index contributed by atoms with van der Waals surface area (Å²) in [5.41, 5.74) is 16.5. The van der Waals surface area contributed by atoms with Gasteiger partial charge < -0.3 is 14.3 Å². The third-order valence-electron chi connectivity index (χ3n) is 11.6. The number of aliphatic imine (C=N–C) groups is 1. The molecule has 1 unspecified atom stereocenters. The highest BCUT2D eigenvalue weighted by molar-refractivity contribution is 6.27. The summed E-state index contributed by atoms with van der Waals surface area (Å²) in [6.45, 7) is 0. The average molecular weight is 722 g/mol. The molecule has 6 aromatic carbocycles. The summed E-state index contributed by atoms with van der Waals surface area (Å²) in [6.07, 6.45) is 10.7. The van der Waals surface area contributed by atoms with Crippen LogP contribution in [0.4, 0.5) is 0 Å². The number of hydrogen-bond donors (Lipinski definition) is 1. The zero-order chi connectivity index (χ0) is 37.0. The SMILES string of the molecule is C1=C(c2ccccc2)CCc2c1n(-c1ccc3c4c(oc3c1)CCC=C4C1=NC(c3ccccc3)=CC(c3ccccc3)N1)c1cc(-c3ccccc3)ccc21. The van der Waals surface area contributed by atoms with Crippen LogP contribution in [-0.4, -0.2) is 10.4 Å². The maximum atomic E-state index is 6.85. The summed E-state index contributed by atoms with van der Waals surface area (Å²) in [4.78, 5) is 5.29. The van der Waals surface area contributed by atoms with E-state index in [9.17, 15) is 0 Å². The van der Waals surface area contributed by atoms with Crippen molar-refractivity contribution < 1.29 is 4.42 Å². The van der Waals surface area contributed by atoms with E-state index in [1.54, 1.807) is 0 Å². The molecule has 2 aliphatic carbocycles. The molecule has 0 amide bonds. The second-order valence-electron chi connectivity index (χ2n) is 15.0. The first-order valence-corrected chi connectivity index (χ1v) is 19.7. The topological polar surface area (TPSA) is 42.5 Å². The van der Waals surface area contributed by atoms with Crippen LogP contribution in [0.2, 0.25) is 0 Å². The zero-order valence-electron chi connectivity index (χ0n) is 31.0. The number of nitrogens with zero attached hydrogens (tertiary/aromatic N) is 2. The van der Waals surface area contributed by atoms with Gasteiger partial charge >= 0.3 is 0 Å². The number of aromatic nitrogens is 1. The number of aryl methyl sites for hydroxylation is 2. The van der Waals surface area contributed by atoms with Gasteiger partial charge in [0.05, 0.1) is 22.9 Å². The van der Waals surface area contributed by atoms with Crippen molar-refractivity contribution in [3.05, 3.63) is 209 Å². The number of benzene rings is 6. The van der Waals surface area contributed by atoms with Crippen LogP contribution >= 0.6 is 0 Å². The molecular weight excluding hydrogens is 683 g/mol. The minimum absolute atomic E-state index is 0.0160. The van der Waals surface area contributed by atoms with Crippen molar-refractivity contribution in [1.29, 1.82) is 0 Å². The smallest absolute Gasteiger partial charge is 0.137 e. The number of fused-ring (bicyclic) bond motifs is 6. The van der Waals surface area contributed by atoms with Crippen molar-refractivity contribution in [2.75, 3.05) is 0 Å². The lowest BCUT2D eigenvalue weighted by molar-refractivity contribution is 0.545. The van der Waals surface area contributed by atoms with Gasteiger partial charge in [-0.25, -0.2) is 4.99 Å². The number of amidine groups is 1. The number of furan rings is 1. The first-order valence-electron chi connectivity index (χ1n) is 19.7. The summed E-state index contributed by atoms with van der Waals surface area (Å²) in [7, 11) is 0. The van der Waals surface area contributed by atoms with Crippen LogP contribution in [0.1, 0.15) is 58.2 Å². The molecule has 4 nitrogen and oxygen atoms in total. The van der Waals surface area contributed by atoms with Crippen molar-refractivity contribution in [2.45, 2.75) is 31.7 Å². The minimum atomic E-state index is -0.0160. The molecule has 0 saturated heterocycles. The molecule has 0 saturated carbocycles. The Morgan fingerprint density at radius 1 is 0.625 bits per heavy atom. The Morgan fingerprint density at radius 2 is 1.32 bits per heavy atom. The van der Waals surface area contributed by atoms with Gasteiger partial charge in [-0.05, 0) is 88.6 Å². The van der Waals surface area contributed by atoms with E-state index < -0.39 is 0 Å². The lowest BCUT2D eigenvalue weighted by Crippen LogP contribution is -2.32. The van der Waals surface area contributed by atoms with Crippen molar-refractivity contribution in [1.82, 2.24) is 9.88 Å². The van der Waals surface area contributed by atoms with Crippen molar-refractivity contribution in [3.63, 3.8) is 0 Å². The first-order chi connectivity index (χ1) is 27.7. The molecule has 2 aromatic heterocycles. The molecule has 0 bridgehead atoms. The largest absolute Gasteiger partial charge is 0.460 e. The van der Waals surface area contributed by atoms with E-state index in [1.165, 1.54) is 50.0 Å². The predicted octanol–water partition coefficient (Wildman–Crippen LogP) is 12.6. The van der Waals surface area contributed by atoms with Crippen molar-refractivity contribution >= 4 is 50.6 Å². The Kier molecular flexibility index (Phi) is 7.80. The van der Waals surface area contributed by atoms with Crippen molar-refractivity contribution in [2.24, 2.45) is 4.99 Å². The molecule has 268 valence electrons. The number of hydrogen-bond acceptors (Lipinski definition) is 3. The molecule has 0 radical (unpaired) electrons. The van der Waals surface area contributed by atoms with Crippen LogP contribution in [-0.2, 0) is 12.8 Å². The third-order valence-corrected chi connectivity index (χ3v) is 11.6. The van der Waals surface area contributed by atoms with E-state index in [0.29, 0.717) is 0 Å². The predicted molar refractivity (Wildman–Crippen MR) is 232 cm³/mol. The van der Waals surface area contributed by atoms with Gasteiger partial charge in [-0.1, -0.05) is 140 Å². The normalized spacial score (nSPS) is 16.3. The molecule has 3 heterocycles. The van der Waals surface area contributed by atoms with Gasteiger partial charge in [0, 0.05) is 40.1 Å². The lowest BCUT2D eigenvalue weighted by Gasteiger charge is -2.26. The highest BCUT2D eigenvalue weighted by Gasteiger charge is 2.29. The van der Waals surface area contributed by atoms with Gasteiger partial charge in [0.25, 0.3) is 0 Å². The number of nitrogens with one attached hydrogen (secondary N) is 1. The fraction of sp³-hybridized carbons (Fsp3) is 0.0962. The van der Waals surface area contributed by atoms with E-state index in [-0.39, 0.29) is 6.04 Å². The standard InChI is InChI=1S/C52H39N3O/c1-5-14-34(15-6-1)38-24-27-41-42-28-25-39(35-16-7-2-8-17-35)31-48(42)55(47(41)30-38)40-26-29-43-50(32-40)56-49-23-13-22-44(51(43)49)52-53-45(36-18-9-3-10-19-36)33-46(54-52)37-20-11-4-12-21-37/h1-12,14-22,24,26-27,29-33,45H,13,23,25,28H2,(H,53,54). The van der Waals surface area contributed by atoms with E-state index in [4.69, 9.17) is 9.41 Å². The van der Waals surface area contributed by atoms with E-state index in [2.05, 4.69) is 186 Å². The third kappa shape index (κ3) is 5.56. The van der Waals surface area contributed by atoms with Crippen LogP contribution in [0, 0.1) is 0 Å². The molecule has 1 aliphatic heterocycles. The molecule has 0 spiro atoms. The quantitative estimate of drug-likeness (QED) is 0.186. The summed E-state index contributed by atoms with van der Waals surface area (Å²) in [6, 6.07) is 56.4. The highest BCUT2D eigenvalue weighted by atomic mass is 16.3. The van der Waals surface area contributed by atoms with Gasteiger partial charge in [-0.2, -0.15) is 0 Å². The number of rotatable bonds is 6. The van der Waals surface area contributed by atoms with Gasteiger partial charge in [-0.3, -0.25) is 0 Å². The van der Waals surface area contributed by atoms with E-state index in [1.807, 2.05) is 0 Å². The van der Waals surface area contributed by atoms with Gasteiger partial charge in [0.15, 0.2) is 0 Å². The molecule has 11 rings (SSSR count). The molecule has 3 aliphatic rings. The Balaban J connectivity index is 1.05. The molecule has 1 atom stereocenters. The second kappa shape index (κ2) is 13.4. The first kappa shape index (κ1) is 32.5. The van der Waals surface area contributed by atoms with Crippen LogP contribution in [0.3, 0.4) is 0 Å². The molecule has 0 fully saturated rings. The van der Waals surface area contributed by atoms with Crippen LogP contribution in [0.15, 0.2) is 179 Å². The second-order valence-corrected chi connectivity index (χ2v) is 15.0. The Labute approximate surface area is 326 Å². The zero-order valence-corrected chi connectivity index (χ0v) is 31.0. The molecular formula is C52H39N3O. The van der Waals surface area contributed by atoms with Crippen LogP contribution < -0.4 is 5.32 Å². The van der Waals surface area contributed by atoms with Gasteiger partial charge in [0.1, 0.15) is 17.2 Å². The summed E-state index contributed by atoms with van der Waals surface area (Å²) >= 11 is 0. The highest BCUT2D eigenvalue weighted by Crippen LogP contribution is 2.43. The van der Waals surface area contributed by atoms with Crippen molar-refractivity contribution in [3.8, 4) is 16.8 Å². The summed E-state index contributed by atoms with van der Waals surface area (Å²) in [5.74, 6) is 1.90. The molecule has 8 aromatic rings. The summed E-state index contributed by atoms with van der Waals surface area (Å²) in [5, 5.41) is 6.23. The van der Waals surface area contributed by atoms with E-state index >= 15 is 0 Å². The van der Waals surface area contributed by atoms with Crippen LogP contribution in [0.25, 0.3) is 61.6 Å². The fourth-order valence-electron chi connectivity index (χ4n) is 8.95. The van der Waals surface area contributed by atoms with E-state index in [0.717, 1.165) is 76.3 Å². The monoisotopic (exact) mass is 721 g/mol. The molecule has 1 N–H and O–H groups in total. The fourth-order valence-corrected chi connectivity index (χ4v) is 8.95.